The third-order valence-electron chi connectivity index (χ3n) is 3.80. The maximum atomic E-state index is 11.5. The predicted molar refractivity (Wildman–Crippen MR) is 78.3 cm³/mol. The third kappa shape index (κ3) is 4.81. The second-order valence-corrected chi connectivity index (χ2v) is 6.90. The summed E-state index contributed by atoms with van der Waals surface area (Å²) in [5.41, 5.74) is -0.683. The summed E-state index contributed by atoms with van der Waals surface area (Å²) < 4.78 is 0. The summed E-state index contributed by atoms with van der Waals surface area (Å²) in [7, 11) is 0. The van der Waals surface area contributed by atoms with Crippen LogP contribution in [0.5, 0.6) is 0 Å². The molecule has 2 unspecified atom stereocenters. The van der Waals surface area contributed by atoms with Gasteiger partial charge in [-0.1, -0.05) is 20.8 Å². The van der Waals surface area contributed by atoms with Crippen molar-refractivity contribution in [2.45, 2.75) is 76.1 Å². The number of hydrogen-bond donors (Lipinski definition) is 2. The van der Waals surface area contributed by atoms with Crippen molar-refractivity contribution in [2.75, 3.05) is 5.75 Å². The summed E-state index contributed by atoms with van der Waals surface area (Å²) in [4.78, 5) is 11.5. The number of hydrogen-bond acceptors (Lipinski definition) is 3. The van der Waals surface area contributed by atoms with Gasteiger partial charge in [0.1, 0.15) is 5.54 Å². The Morgan fingerprint density at radius 2 is 2.17 bits per heavy atom. The second kappa shape index (κ2) is 7.39. The van der Waals surface area contributed by atoms with Crippen molar-refractivity contribution < 1.29 is 9.90 Å². The average molecular weight is 273 g/mol. The lowest BCUT2D eigenvalue weighted by molar-refractivity contribution is -0.145. The highest BCUT2D eigenvalue weighted by Crippen LogP contribution is 2.28. The van der Waals surface area contributed by atoms with Crippen molar-refractivity contribution in [3.8, 4) is 0 Å². The quantitative estimate of drug-likeness (QED) is 0.600. The van der Waals surface area contributed by atoms with Crippen LogP contribution in [-0.4, -0.2) is 33.7 Å². The summed E-state index contributed by atoms with van der Waals surface area (Å²) in [6.45, 7) is 6.41. The van der Waals surface area contributed by atoms with Gasteiger partial charge >= 0.3 is 5.97 Å². The number of carboxylic acids is 1. The van der Waals surface area contributed by atoms with Crippen molar-refractivity contribution in [3.05, 3.63) is 0 Å². The van der Waals surface area contributed by atoms with Gasteiger partial charge < -0.3 is 5.11 Å². The molecule has 1 fully saturated rings. The average Bonchev–Trinajstić information content (AvgIpc) is 3.16. The molecule has 0 aromatic heterocycles. The van der Waals surface area contributed by atoms with Crippen LogP contribution in [0.25, 0.3) is 0 Å². The fourth-order valence-electron chi connectivity index (χ4n) is 2.07. The third-order valence-corrected chi connectivity index (χ3v) is 5.22. The standard InChI is InChI=1S/C14H27NO2S/c1-4-11(3)18-10-6-9-14(5-2,13(16)17)15-12-7-8-12/h11-12,15H,4-10H2,1-3H3,(H,16,17). The van der Waals surface area contributed by atoms with Crippen LogP contribution in [0.15, 0.2) is 0 Å². The molecule has 0 amide bonds. The van der Waals surface area contributed by atoms with Crippen molar-refractivity contribution >= 4 is 17.7 Å². The van der Waals surface area contributed by atoms with Gasteiger partial charge in [0.2, 0.25) is 0 Å². The molecule has 0 saturated heterocycles. The summed E-state index contributed by atoms with van der Waals surface area (Å²) >= 11 is 1.95. The van der Waals surface area contributed by atoms with E-state index in [1.54, 1.807) is 0 Å². The number of thioether (sulfide) groups is 1. The number of nitrogens with one attached hydrogen (secondary N) is 1. The van der Waals surface area contributed by atoms with Crippen molar-refractivity contribution in [1.29, 1.82) is 0 Å². The highest BCUT2D eigenvalue weighted by molar-refractivity contribution is 7.99. The number of rotatable bonds is 10. The van der Waals surface area contributed by atoms with Crippen molar-refractivity contribution in [1.82, 2.24) is 5.32 Å². The van der Waals surface area contributed by atoms with Gasteiger partial charge in [-0.3, -0.25) is 10.1 Å². The Bertz CT molecular complexity index is 269. The molecule has 1 aliphatic rings. The summed E-state index contributed by atoms with van der Waals surface area (Å²) in [5, 5.41) is 13.5. The Balaban J connectivity index is 2.37. The minimum Gasteiger partial charge on any atom is -0.480 e. The Hall–Kier alpha value is -0.220. The molecule has 106 valence electrons. The normalized spacial score (nSPS) is 20.4. The molecule has 1 saturated carbocycles. The van der Waals surface area contributed by atoms with Gasteiger partial charge in [0.25, 0.3) is 0 Å². The van der Waals surface area contributed by atoms with Gasteiger partial charge in [-0.25, -0.2) is 0 Å². The van der Waals surface area contributed by atoms with Crippen LogP contribution in [0, 0.1) is 0 Å². The molecule has 0 spiro atoms. The smallest absolute Gasteiger partial charge is 0.323 e. The molecule has 1 rings (SSSR count). The topological polar surface area (TPSA) is 49.3 Å². The van der Waals surface area contributed by atoms with Gasteiger partial charge in [0.15, 0.2) is 0 Å². The summed E-state index contributed by atoms with van der Waals surface area (Å²) in [6.07, 6.45) is 5.86. The first-order chi connectivity index (χ1) is 8.54. The number of carbonyl (C=O) groups is 1. The summed E-state index contributed by atoms with van der Waals surface area (Å²) in [6, 6.07) is 0.447. The maximum absolute atomic E-state index is 11.5. The Kier molecular flexibility index (Phi) is 6.50. The molecule has 0 heterocycles. The van der Waals surface area contributed by atoms with E-state index in [2.05, 4.69) is 19.2 Å². The van der Waals surface area contributed by atoms with Crippen LogP contribution in [-0.2, 0) is 4.79 Å². The minimum atomic E-state index is -0.683. The molecule has 0 aromatic rings. The molecule has 0 radical (unpaired) electrons. The Labute approximate surface area is 115 Å². The Morgan fingerprint density at radius 1 is 1.50 bits per heavy atom. The Morgan fingerprint density at radius 3 is 2.61 bits per heavy atom. The molecule has 3 nitrogen and oxygen atoms in total. The van der Waals surface area contributed by atoms with E-state index in [9.17, 15) is 9.90 Å². The summed E-state index contributed by atoms with van der Waals surface area (Å²) in [5.74, 6) is 0.390. The maximum Gasteiger partial charge on any atom is 0.323 e. The zero-order valence-corrected chi connectivity index (χ0v) is 12.7. The molecule has 1 aliphatic carbocycles. The largest absolute Gasteiger partial charge is 0.480 e. The molecule has 18 heavy (non-hydrogen) atoms. The van der Waals surface area contributed by atoms with Crippen LogP contribution in [0.4, 0.5) is 0 Å². The molecule has 2 atom stereocenters. The van der Waals surface area contributed by atoms with Crippen molar-refractivity contribution in [3.63, 3.8) is 0 Å². The molecule has 2 N–H and O–H groups in total. The van der Waals surface area contributed by atoms with E-state index >= 15 is 0 Å². The van der Waals surface area contributed by atoms with Crippen LogP contribution >= 0.6 is 11.8 Å². The van der Waals surface area contributed by atoms with Gasteiger partial charge in [-0.2, -0.15) is 11.8 Å². The molecule has 0 aliphatic heterocycles. The number of carboxylic acid groups (broad SMARTS) is 1. The predicted octanol–water partition coefficient (Wildman–Crippen LogP) is 3.28. The lowest BCUT2D eigenvalue weighted by atomic mass is 9.90. The van der Waals surface area contributed by atoms with Crippen LogP contribution < -0.4 is 5.32 Å². The lowest BCUT2D eigenvalue weighted by Gasteiger charge is -2.30. The first kappa shape index (κ1) is 15.8. The zero-order chi connectivity index (χ0) is 13.6. The van der Waals surface area contributed by atoms with Gasteiger partial charge in [0.05, 0.1) is 0 Å². The second-order valence-electron chi connectivity index (χ2n) is 5.35. The number of aliphatic carboxylic acids is 1. The van der Waals surface area contributed by atoms with E-state index in [1.165, 1.54) is 6.42 Å². The van der Waals surface area contributed by atoms with Crippen LogP contribution in [0.2, 0.25) is 0 Å². The van der Waals surface area contributed by atoms with E-state index in [0.29, 0.717) is 17.7 Å². The van der Waals surface area contributed by atoms with E-state index in [1.807, 2.05) is 18.7 Å². The van der Waals surface area contributed by atoms with E-state index < -0.39 is 11.5 Å². The van der Waals surface area contributed by atoms with E-state index in [0.717, 1.165) is 31.4 Å². The van der Waals surface area contributed by atoms with E-state index in [4.69, 9.17) is 0 Å². The van der Waals surface area contributed by atoms with E-state index in [-0.39, 0.29) is 0 Å². The zero-order valence-electron chi connectivity index (χ0n) is 11.9. The SMILES string of the molecule is CCC(C)SCCCC(CC)(NC1CC1)C(=O)O. The minimum absolute atomic E-state index is 0.447. The van der Waals surface area contributed by atoms with Gasteiger partial charge in [-0.15, -0.1) is 0 Å². The molecule has 0 aromatic carbocycles. The molecule has 4 heteroatoms. The van der Waals surface area contributed by atoms with Crippen molar-refractivity contribution in [2.24, 2.45) is 0 Å². The fraction of sp³-hybridized carbons (Fsp3) is 0.929. The highest BCUT2D eigenvalue weighted by Gasteiger charge is 2.40. The molecular formula is C14H27NO2S. The monoisotopic (exact) mass is 273 g/mol. The lowest BCUT2D eigenvalue weighted by Crippen LogP contribution is -2.52. The highest BCUT2D eigenvalue weighted by atomic mass is 32.2. The molecular weight excluding hydrogens is 246 g/mol. The van der Waals surface area contributed by atoms with Crippen LogP contribution in [0.3, 0.4) is 0 Å². The van der Waals surface area contributed by atoms with Gasteiger partial charge in [0, 0.05) is 11.3 Å². The first-order valence-electron chi connectivity index (χ1n) is 7.16. The fourth-order valence-corrected chi connectivity index (χ4v) is 3.01. The van der Waals surface area contributed by atoms with Crippen LogP contribution in [0.1, 0.15) is 59.3 Å². The molecule has 0 bridgehead atoms. The first-order valence-corrected chi connectivity index (χ1v) is 8.21. The van der Waals surface area contributed by atoms with Gasteiger partial charge in [-0.05, 0) is 44.3 Å².